The van der Waals surface area contributed by atoms with Crippen molar-refractivity contribution in [1.29, 1.82) is 0 Å². The van der Waals surface area contributed by atoms with E-state index in [1.807, 2.05) is 0 Å². The second-order valence-corrected chi connectivity index (χ2v) is 11.7. The first-order valence-electron chi connectivity index (χ1n) is 13.3. The maximum absolute atomic E-state index is 13.9. The Hall–Kier alpha value is -2.92. The number of carbonyl (C=O) groups excluding carboxylic acids is 3. The van der Waals surface area contributed by atoms with Gasteiger partial charge in [0.05, 0.1) is 11.6 Å². The number of nitrogens with two attached hydrogens (primary N) is 1. The average Bonchev–Trinajstić information content (AvgIpc) is 2.82. The number of aromatic hydroxyl groups is 1. The topological polar surface area (TPSA) is 165 Å². The lowest BCUT2D eigenvalue weighted by atomic mass is 9.57. The van der Waals surface area contributed by atoms with Gasteiger partial charge in [-0.3, -0.25) is 24.2 Å². The maximum Gasteiger partial charge on any atom is 0.255 e. The molecule has 0 spiro atoms. The van der Waals surface area contributed by atoms with Crippen molar-refractivity contribution in [3.8, 4) is 5.75 Å². The van der Waals surface area contributed by atoms with E-state index in [0.717, 1.165) is 19.4 Å². The number of aliphatic hydroxyl groups is 3. The number of rotatable bonds is 6. The predicted octanol–water partition coefficient (Wildman–Crippen LogP) is 1.99. The fraction of sp³-hybridized carbons (Fsp3) is 0.536. The Kier molecular flexibility index (Phi) is 6.82. The van der Waals surface area contributed by atoms with Gasteiger partial charge in [-0.15, -0.1) is 0 Å². The van der Waals surface area contributed by atoms with Gasteiger partial charge >= 0.3 is 0 Å². The lowest BCUT2D eigenvalue weighted by Crippen LogP contribution is -2.65. The van der Waals surface area contributed by atoms with Crippen molar-refractivity contribution in [3.05, 3.63) is 44.7 Å². The lowest BCUT2D eigenvalue weighted by molar-refractivity contribution is -0.153. The van der Waals surface area contributed by atoms with E-state index in [0.29, 0.717) is 28.7 Å². The van der Waals surface area contributed by atoms with Crippen molar-refractivity contribution in [2.75, 3.05) is 20.6 Å². The summed E-state index contributed by atoms with van der Waals surface area (Å²) in [6, 6.07) is 0.822. The minimum absolute atomic E-state index is 0.00623. The van der Waals surface area contributed by atoms with Gasteiger partial charge < -0.3 is 26.2 Å². The van der Waals surface area contributed by atoms with Crippen molar-refractivity contribution < 1.29 is 34.8 Å². The number of hydrogen-bond acceptors (Lipinski definition) is 9. The molecule has 39 heavy (non-hydrogen) atoms. The van der Waals surface area contributed by atoms with Crippen molar-refractivity contribution >= 4 is 34.8 Å². The van der Waals surface area contributed by atoms with Gasteiger partial charge in [-0.25, -0.2) is 0 Å². The third-order valence-corrected chi connectivity index (χ3v) is 9.57. The number of hydrogen-bond donors (Lipinski definition) is 5. The number of aliphatic hydroxyl groups excluding tert-OH is 2. The summed E-state index contributed by atoms with van der Waals surface area (Å²) in [7, 11) is 3.13. The largest absolute Gasteiger partial charge is 0.508 e. The van der Waals surface area contributed by atoms with E-state index in [1.54, 1.807) is 14.1 Å². The van der Waals surface area contributed by atoms with E-state index in [2.05, 4.69) is 11.8 Å². The van der Waals surface area contributed by atoms with Gasteiger partial charge in [-0.1, -0.05) is 24.9 Å². The monoisotopic (exact) mass is 559 g/mol. The van der Waals surface area contributed by atoms with Crippen molar-refractivity contribution in [2.45, 2.75) is 63.3 Å². The molecule has 4 atom stereocenters. The van der Waals surface area contributed by atoms with Gasteiger partial charge in [0.15, 0.2) is 11.4 Å². The molecule has 0 bridgehead atoms. The van der Waals surface area contributed by atoms with Crippen LogP contribution in [0.5, 0.6) is 5.75 Å². The van der Waals surface area contributed by atoms with Gasteiger partial charge in [-0.2, -0.15) is 0 Å². The molecule has 2 fully saturated rings. The Morgan fingerprint density at radius 2 is 1.87 bits per heavy atom. The van der Waals surface area contributed by atoms with E-state index >= 15 is 0 Å². The number of ketones is 2. The van der Waals surface area contributed by atoms with E-state index < -0.39 is 58.0 Å². The normalized spacial score (nSPS) is 28.9. The number of halogens is 1. The second kappa shape index (κ2) is 9.62. The summed E-state index contributed by atoms with van der Waals surface area (Å²) in [6.45, 7) is 3.41. The highest BCUT2D eigenvalue weighted by atomic mass is 35.5. The van der Waals surface area contributed by atoms with Gasteiger partial charge in [0.2, 0.25) is 5.78 Å². The lowest BCUT2D eigenvalue weighted by Gasteiger charge is -2.50. The van der Waals surface area contributed by atoms with Crippen LogP contribution in [0.15, 0.2) is 23.0 Å². The zero-order chi connectivity index (χ0) is 28.5. The molecule has 0 aromatic heterocycles. The number of amides is 1. The molecule has 10 nitrogen and oxygen atoms in total. The van der Waals surface area contributed by atoms with Crippen LogP contribution in [0.3, 0.4) is 0 Å². The third kappa shape index (κ3) is 3.91. The van der Waals surface area contributed by atoms with Crippen molar-refractivity contribution in [2.24, 2.45) is 17.6 Å². The number of phenolic OH excluding ortho intramolecular Hbond substituents is 1. The molecule has 0 heterocycles. The molecule has 0 unspecified atom stereocenters. The Labute approximate surface area is 231 Å². The van der Waals surface area contributed by atoms with E-state index in [9.17, 15) is 34.8 Å². The minimum Gasteiger partial charge on any atom is -0.508 e. The first-order valence-corrected chi connectivity index (χ1v) is 13.6. The summed E-state index contributed by atoms with van der Waals surface area (Å²) in [4.78, 5) is 42.9. The summed E-state index contributed by atoms with van der Waals surface area (Å²) < 4.78 is 0. The van der Waals surface area contributed by atoms with Crippen LogP contribution in [0.2, 0.25) is 5.02 Å². The van der Waals surface area contributed by atoms with Gasteiger partial charge in [0.1, 0.15) is 22.8 Å². The summed E-state index contributed by atoms with van der Waals surface area (Å²) in [5, 5.41) is 45.3. The van der Waals surface area contributed by atoms with Crippen LogP contribution >= 0.6 is 11.6 Å². The van der Waals surface area contributed by atoms with Crippen LogP contribution in [0, 0.1) is 11.8 Å². The maximum atomic E-state index is 13.9. The predicted molar refractivity (Wildman–Crippen MR) is 143 cm³/mol. The number of Topliss-reactive ketones (excluding diaryl/α,β-unsaturated/α-hetero) is 2. The third-order valence-electron chi connectivity index (χ3n) is 9.10. The van der Waals surface area contributed by atoms with Crippen molar-refractivity contribution in [3.63, 3.8) is 0 Å². The summed E-state index contributed by atoms with van der Waals surface area (Å²) in [5.41, 5.74) is 2.88. The number of fused-ring (bicyclic) bond motifs is 3. The molecule has 0 aliphatic heterocycles. The van der Waals surface area contributed by atoms with E-state index in [4.69, 9.17) is 17.3 Å². The van der Waals surface area contributed by atoms with Crippen LogP contribution in [0.25, 0.3) is 5.76 Å². The molecule has 6 N–H and O–H groups in total. The van der Waals surface area contributed by atoms with Crippen LogP contribution in [0.1, 0.15) is 49.3 Å². The fourth-order valence-corrected chi connectivity index (χ4v) is 7.22. The number of carbonyl (C=O) groups is 3. The second-order valence-electron chi connectivity index (χ2n) is 11.3. The number of phenols is 1. The molecular weight excluding hydrogens is 526 g/mol. The van der Waals surface area contributed by atoms with Gasteiger partial charge in [0, 0.05) is 29.1 Å². The summed E-state index contributed by atoms with van der Waals surface area (Å²) in [5.74, 6) is -6.76. The molecule has 2 saturated carbocycles. The Morgan fingerprint density at radius 1 is 1.21 bits per heavy atom. The highest BCUT2D eigenvalue weighted by molar-refractivity contribution is 6.32. The number of benzene rings is 1. The molecule has 4 aliphatic rings. The molecule has 0 radical (unpaired) electrons. The fourth-order valence-electron chi connectivity index (χ4n) is 6.93. The zero-order valence-corrected chi connectivity index (χ0v) is 23.0. The highest BCUT2D eigenvalue weighted by Crippen LogP contribution is 2.53. The first-order chi connectivity index (χ1) is 18.3. The first kappa shape index (κ1) is 27.6. The van der Waals surface area contributed by atoms with Crippen LogP contribution in [0.4, 0.5) is 0 Å². The Morgan fingerprint density at radius 3 is 2.41 bits per heavy atom. The smallest absolute Gasteiger partial charge is 0.255 e. The highest BCUT2D eigenvalue weighted by Gasteiger charge is 2.64. The molecule has 11 heteroatoms. The molecule has 0 saturated heterocycles. The van der Waals surface area contributed by atoms with Crippen LogP contribution in [-0.4, -0.2) is 86.0 Å². The Balaban J connectivity index is 1.63. The van der Waals surface area contributed by atoms with Crippen molar-refractivity contribution in [1.82, 2.24) is 9.80 Å². The number of primary amides is 1. The summed E-state index contributed by atoms with van der Waals surface area (Å²) >= 11 is 6.88. The number of nitrogens with zero attached hydrogens (tertiary/aromatic N) is 2. The average molecular weight is 560 g/mol. The zero-order valence-electron chi connectivity index (χ0n) is 22.2. The standard InChI is InChI=1S/C28H34ClN3O7/c1-4-32(14-6-5-7-14)11-13-10-17(33)19-15(21(13)29)8-12-9-16-22(31(2)3)24(35)20(27(30)38)26(37)28(16,39)25(36)18(12)23(19)34/h10,12,14,16,22,33-34,37,39H,4-9,11H2,1-3H3,(H2,30,38)/t12-,16-,22-,28-/m0/s1. The quantitative estimate of drug-likeness (QED) is 0.328. The minimum atomic E-state index is -2.66. The van der Waals surface area contributed by atoms with E-state index in [-0.39, 0.29) is 29.7 Å². The molecule has 1 amide bonds. The molecular formula is C28H34ClN3O7. The SMILES string of the molecule is CCN(Cc1cc(O)c2c(c1Cl)C[C@H]1C[C@H]3[C@H](N(C)C)C(=O)C(C(N)=O)=C(O)[C@@]3(O)C(=O)C1=C2O)C1CCC1. The molecule has 4 aliphatic carbocycles. The molecule has 210 valence electrons. The number of likely N-dealkylation sites (N-methyl/N-ethyl adjacent to an activating group) is 1. The van der Waals surface area contributed by atoms with Gasteiger partial charge in [0.25, 0.3) is 5.91 Å². The Bertz CT molecular complexity index is 1350. The van der Waals surface area contributed by atoms with E-state index in [1.165, 1.54) is 17.4 Å². The van der Waals surface area contributed by atoms with Crippen LogP contribution in [-0.2, 0) is 27.3 Å². The molecule has 5 rings (SSSR count). The van der Waals surface area contributed by atoms with Crippen LogP contribution < -0.4 is 5.73 Å². The van der Waals surface area contributed by atoms with Gasteiger partial charge in [-0.05, 0) is 69.4 Å². The molecule has 1 aromatic carbocycles. The summed E-state index contributed by atoms with van der Waals surface area (Å²) in [6.07, 6.45) is 3.58. The molecule has 1 aromatic rings.